The number of amides is 1. The molecule has 1 fully saturated rings. The number of ether oxygens (including phenoxy) is 1. The van der Waals surface area contributed by atoms with E-state index in [9.17, 15) is 4.79 Å². The molecule has 2 heterocycles. The van der Waals surface area contributed by atoms with Crippen LogP contribution in [0.3, 0.4) is 0 Å². The molecule has 0 radical (unpaired) electrons. The maximum absolute atomic E-state index is 12.4. The highest BCUT2D eigenvalue weighted by atomic mass is 16.5. The van der Waals surface area contributed by atoms with Crippen LogP contribution in [-0.2, 0) is 9.53 Å². The van der Waals surface area contributed by atoms with Gasteiger partial charge in [0, 0.05) is 31.5 Å². The van der Waals surface area contributed by atoms with Gasteiger partial charge in [-0.05, 0) is 30.5 Å². The van der Waals surface area contributed by atoms with E-state index in [4.69, 9.17) is 4.74 Å². The third-order valence-corrected chi connectivity index (χ3v) is 4.46. The van der Waals surface area contributed by atoms with E-state index < -0.39 is 0 Å². The molecule has 0 saturated carbocycles. The largest absolute Gasteiger partial charge is 0.373 e. The minimum Gasteiger partial charge on any atom is -0.373 e. The Morgan fingerprint density at radius 1 is 1.30 bits per heavy atom. The molecular weight excluding hydrogens is 288 g/mol. The number of pyridine rings is 1. The first-order valence-corrected chi connectivity index (χ1v) is 8.10. The van der Waals surface area contributed by atoms with Crippen LogP contribution in [0.5, 0.6) is 0 Å². The molecule has 1 aliphatic rings. The van der Waals surface area contributed by atoms with Gasteiger partial charge >= 0.3 is 0 Å². The fourth-order valence-corrected chi connectivity index (χ4v) is 3.02. The van der Waals surface area contributed by atoms with Gasteiger partial charge in [0.25, 0.3) is 0 Å². The Morgan fingerprint density at radius 2 is 2.13 bits per heavy atom. The smallest absolute Gasteiger partial charge is 0.227 e. The number of hydrogen-bond acceptors (Lipinski definition) is 3. The molecule has 1 aromatic carbocycles. The van der Waals surface area contributed by atoms with Crippen molar-refractivity contribution < 1.29 is 9.53 Å². The van der Waals surface area contributed by atoms with Gasteiger partial charge in [-0.25, -0.2) is 0 Å². The number of nitrogens with zero attached hydrogens (tertiary/aromatic N) is 1. The first-order chi connectivity index (χ1) is 11.3. The molecule has 0 aliphatic carbocycles. The standard InChI is InChI=1S/C19H22N2O2/c1-14(16-8-5-10-20-12-16)19(22)21-13-17-9-11-23-18(17)15-6-3-2-4-7-15/h2-8,10,12,14,17-18H,9,11,13H2,1H3,(H,21,22)/t14-,17-,18-/m1/s1. The quantitative estimate of drug-likeness (QED) is 0.923. The molecule has 3 rings (SSSR count). The van der Waals surface area contributed by atoms with Crippen LogP contribution >= 0.6 is 0 Å². The van der Waals surface area contributed by atoms with Crippen LogP contribution < -0.4 is 5.32 Å². The van der Waals surface area contributed by atoms with Crippen LogP contribution in [-0.4, -0.2) is 24.0 Å². The molecule has 0 unspecified atom stereocenters. The topological polar surface area (TPSA) is 51.2 Å². The molecule has 3 atom stereocenters. The first-order valence-electron chi connectivity index (χ1n) is 8.10. The molecule has 0 bridgehead atoms. The van der Waals surface area contributed by atoms with Crippen LogP contribution in [0.4, 0.5) is 0 Å². The van der Waals surface area contributed by atoms with Crippen LogP contribution in [0, 0.1) is 5.92 Å². The number of benzene rings is 1. The molecule has 120 valence electrons. The summed E-state index contributed by atoms with van der Waals surface area (Å²) in [6.45, 7) is 3.30. The Kier molecular flexibility index (Phi) is 5.03. The van der Waals surface area contributed by atoms with Gasteiger partial charge in [0.2, 0.25) is 5.91 Å². The van der Waals surface area contributed by atoms with E-state index in [1.54, 1.807) is 12.4 Å². The number of rotatable bonds is 5. The van der Waals surface area contributed by atoms with E-state index in [1.807, 2.05) is 37.3 Å². The fourth-order valence-electron chi connectivity index (χ4n) is 3.02. The molecular formula is C19H22N2O2. The van der Waals surface area contributed by atoms with Crippen molar-refractivity contribution in [1.82, 2.24) is 10.3 Å². The van der Waals surface area contributed by atoms with E-state index in [0.29, 0.717) is 12.5 Å². The zero-order valence-corrected chi connectivity index (χ0v) is 13.3. The molecule has 0 spiro atoms. The first kappa shape index (κ1) is 15.7. The Morgan fingerprint density at radius 3 is 2.87 bits per heavy atom. The normalized spacial score (nSPS) is 21.8. The maximum Gasteiger partial charge on any atom is 0.227 e. The molecule has 1 aliphatic heterocycles. The highest BCUT2D eigenvalue weighted by Gasteiger charge is 2.30. The Bertz CT molecular complexity index is 630. The second-order valence-electron chi connectivity index (χ2n) is 6.00. The van der Waals surface area contributed by atoms with Crippen molar-refractivity contribution in [3.8, 4) is 0 Å². The molecule has 1 N–H and O–H groups in total. The van der Waals surface area contributed by atoms with Gasteiger partial charge in [-0.1, -0.05) is 36.4 Å². The van der Waals surface area contributed by atoms with Gasteiger partial charge in [0.1, 0.15) is 0 Å². The minimum atomic E-state index is -0.193. The van der Waals surface area contributed by atoms with Gasteiger partial charge < -0.3 is 10.1 Å². The molecule has 1 saturated heterocycles. The molecule has 1 aromatic heterocycles. The van der Waals surface area contributed by atoms with Crippen molar-refractivity contribution in [1.29, 1.82) is 0 Å². The summed E-state index contributed by atoms with van der Waals surface area (Å²) in [5.74, 6) is 0.167. The average Bonchev–Trinajstić information content (AvgIpc) is 3.09. The van der Waals surface area contributed by atoms with Crippen molar-refractivity contribution in [2.24, 2.45) is 5.92 Å². The van der Waals surface area contributed by atoms with Crippen LogP contribution in [0.1, 0.15) is 36.5 Å². The summed E-state index contributed by atoms with van der Waals surface area (Å²) in [7, 11) is 0. The van der Waals surface area contributed by atoms with E-state index in [0.717, 1.165) is 18.6 Å². The van der Waals surface area contributed by atoms with Crippen LogP contribution in [0.2, 0.25) is 0 Å². The summed E-state index contributed by atoms with van der Waals surface area (Å²) in [6.07, 6.45) is 4.51. The summed E-state index contributed by atoms with van der Waals surface area (Å²) in [4.78, 5) is 16.4. The van der Waals surface area contributed by atoms with Crippen molar-refractivity contribution >= 4 is 5.91 Å². The molecule has 1 amide bonds. The lowest BCUT2D eigenvalue weighted by atomic mass is 9.95. The second-order valence-corrected chi connectivity index (χ2v) is 6.00. The minimum absolute atomic E-state index is 0.0386. The predicted octanol–water partition coefficient (Wildman–Crippen LogP) is 3.08. The van der Waals surface area contributed by atoms with E-state index >= 15 is 0 Å². The number of carbonyl (C=O) groups is 1. The number of hydrogen-bond donors (Lipinski definition) is 1. The Hall–Kier alpha value is -2.20. The van der Waals surface area contributed by atoms with Crippen molar-refractivity contribution in [2.45, 2.75) is 25.4 Å². The summed E-state index contributed by atoms with van der Waals surface area (Å²) in [6, 6.07) is 14.0. The van der Waals surface area contributed by atoms with E-state index in [-0.39, 0.29) is 17.9 Å². The summed E-state index contributed by atoms with van der Waals surface area (Å²) >= 11 is 0. The summed E-state index contributed by atoms with van der Waals surface area (Å²) < 4.78 is 5.87. The number of aromatic nitrogens is 1. The predicted molar refractivity (Wildman–Crippen MR) is 88.9 cm³/mol. The van der Waals surface area contributed by atoms with Crippen LogP contribution in [0.15, 0.2) is 54.9 Å². The lowest BCUT2D eigenvalue weighted by Crippen LogP contribution is -2.33. The molecule has 2 aromatic rings. The summed E-state index contributed by atoms with van der Waals surface area (Å²) in [5.41, 5.74) is 2.12. The maximum atomic E-state index is 12.4. The summed E-state index contributed by atoms with van der Waals surface area (Å²) in [5, 5.41) is 3.08. The van der Waals surface area contributed by atoms with Crippen LogP contribution in [0.25, 0.3) is 0 Å². The average molecular weight is 310 g/mol. The molecule has 23 heavy (non-hydrogen) atoms. The lowest BCUT2D eigenvalue weighted by molar-refractivity contribution is -0.122. The highest BCUT2D eigenvalue weighted by Crippen LogP contribution is 2.34. The zero-order chi connectivity index (χ0) is 16.1. The fraction of sp³-hybridized carbons (Fsp3) is 0.368. The third-order valence-electron chi connectivity index (χ3n) is 4.46. The van der Waals surface area contributed by atoms with Gasteiger partial charge in [0.05, 0.1) is 12.0 Å². The third kappa shape index (κ3) is 3.77. The Labute approximate surface area is 136 Å². The van der Waals surface area contributed by atoms with Gasteiger partial charge in [-0.3, -0.25) is 9.78 Å². The number of nitrogens with one attached hydrogen (secondary N) is 1. The molecule has 4 nitrogen and oxygen atoms in total. The Balaban J connectivity index is 1.58. The number of carbonyl (C=O) groups excluding carboxylic acids is 1. The zero-order valence-electron chi connectivity index (χ0n) is 13.3. The van der Waals surface area contributed by atoms with E-state index in [2.05, 4.69) is 22.4 Å². The van der Waals surface area contributed by atoms with Crippen molar-refractivity contribution in [3.63, 3.8) is 0 Å². The van der Waals surface area contributed by atoms with Gasteiger partial charge in [0.15, 0.2) is 0 Å². The monoisotopic (exact) mass is 310 g/mol. The van der Waals surface area contributed by atoms with Crippen molar-refractivity contribution in [3.05, 3.63) is 66.0 Å². The van der Waals surface area contributed by atoms with Crippen molar-refractivity contribution in [2.75, 3.05) is 13.2 Å². The van der Waals surface area contributed by atoms with E-state index in [1.165, 1.54) is 5.56 Å². The highest BCUT2D eigenvalue weighted by molar-refractivity contribution is 5.83. The molecule has 4 heteroatoms. The lowest BCUT2D eigenvalue weighted by Gasteiger charge is -2.20. The van der Waals surface area contributed by atoms with Gasteiger partial charge in [-0.2, -0.15) is 0 Å². The van der Waals surface area contributed by atoms with Gasteiger partial charge in [-0.15, -0.1) is 0 Å². The SMILES string of the molecule is C[C@@H](C(=O)NC[C@H]1CCO[C@@H]1c1ccccc1)c1cccnc1. The second kappa shape index (κ2) is 7.38.